The number of alkyl halides is 3. The molecular formula is C24H15F3N4OS. The molecular weight excluding hydrogens is 449 g/mol. The summed E-state index contributed by atoms with van der Waals surface area (Å²) in [6, 6.07) is 20.1. The number of fused-ring (bicyclic) bond motifs is 1. The van der Waals surface area contributed by atoms with Crippen LogP contribution in [0.2, 0.25) is 0 Å². The lowest BCUT2D eigenvalue weighted by atomic mass is 10.1. The monoisotopic (exact) mass is 464 g/mol. The van der Waals surface area contributed by atoms with Crippen molar-refractivity contribution in [1.29, 1.82) is 0 Å². The van der Waals surface area contributed by atoms with Crippen LogP contribution >= 0.6 is 11.3 Å². The second-order valence-electron chi connectivity index (χ2n) is 7.10. The van der Waals surface area contributed by atoms with Crippen molar-refractivity contribution in [3.8, 4) is 22.1 Å². The molecule has 5 rings (SSSR count). The Morgan fingerprint density at radius 2 is 1.70 bits per heavy atom. The Balaban J connectivity index is 1.37. The number of benzene rings is 3. The van der Waals surface area contributed by atoms with Crippen molar-refractivity contribution in [3.05, 3.63) is 90.8 Å². The zero-order valence-electron chi connectivity index (χ0n) is 16.9. The molecule has 0 bridgehead atoms. The van der Waals surface area contributed by atoms with E-state index in [1.54, 1.807) is 18.5 Å². The largest absolute Gasteiger partial charge is 0.455 e. The molecule has 0 aliphatic rings. The fourth-order valence-electron chi connectivity index (χ4n) is 3.28. The van der Waals surface area contributed by atoms with Gasteiger partial charge in [0.2, 0.25) is 5.13 Å². The summed E-state index contributed by atoms with van der Waals surface area (Å²) < 4.78 is 44.9. The van der Waals surface area contributed by atoms with Crippen molar-refractivity contribution in [2.75, 3.05) is 5.32 Å². The van der Waals surface area contributed by atoms with E-state index < -0.39 is 11.7 Å². The number of hydrogen-bond donors (Lipinski definition) is 1. The number of aromatic nitrogens is 3. The summed E-state index contributed by atoms with van der Waals surface area (Å²) >= 11 is 1.23. The molecule has 9 heteroatoms. The van der Waals surface area contributed by atoms with Gasteiger partial charge < -0.3 is 10.1 Å². The molecule has 0 amide bonds. The third kappa shape index (κ3) is 4.63. The minimum Gasteiger partial charge on any atom is -0.455 e. The number of nitrogens with zero attached hydrogens (tertiary/aromatic N) is 3. The average Bonchev–Trinajstić information content (AvgIpc) is 3.28. The molecule has 5 nitrogen and oxygen atoms in total. The summed E-state index contributed by atoms with van der Waals surface area (Å²) in [5.74, 6) is 1.24. The topological polar surface area (TPSA) is 59.9 Å². The Labute approximate surface area is 190 Å². The van der Waals surface area contributed by atoms with Gasteiger partial charge in [0.05, 0.1) is 11.8 Å². The van der Waals surface area contributed by atoms with Gasteiger partial charge in [-0.15, -0.1) is 10.2 Å². The summed E-state index contributed by atoms with van der Waals surface area (Å²) in [4.78, 5) is 4.23. The summed E-state index contributed by atoms with van der Waals surface area (Å²) in [7, 11) is 0. The first kappa shape index (κ1) is 20.9. The quantitative estimate of drug-likeness (QED) is 0.296. The third-order valence-corrected chi connectivity index (χ3v) is 5.69. The smallest absolute Gasteiger partial charge is 0.416 e. The molecule has 0 aliphatic heterocycles. The zero-order chi connectivity index (χ0) is 22.8. The highest BCUT2D eigenvalue weighted by Gasteiger charge is 2.30. The molecule has 0 spiro atoms. The first-order chi connectivity index (χ1) is 16.0. The highest BCUT2D eigenvalue weighted by molar-refractivity contribution is 7.18. The van der Waals surface area contributed by atoms with Gasteiger partial charge in [0.15, 0.2) is 5.75 Å². The van der Waals surface area contributed by atoms with Gasteiger partial charge in [-0.05, 0) is 30.3 Å². The van der Waals surface area contributed by atoms with Crippen LogP contribution in [0.3, 0.4) is 0 Å². The van der Waals surface area contributed by atoms with Gasteiger partial charge in [0.1, 0.15) is 10.8 Å². The fraction of sp³-hybridized carbons (Fsp3) is 0.0417. The van der Waals surface area contributed by atoms with Gasteiger partial charge in [0, 0.05) is 28.2 Å². The van der Waals surface area contributed by atoms with Crippen LogP contribution in [0, 0.1) is 0 Å². The number of anilines is 2. The maximum Gasteiger partial charge on any atom is 0.416 e. The summed E-state index contributed by atoms with van der Waals surface area (Å²) in [5.41, 5.74) is 0.327. The van der Waals surface area contributed by atoms with Gasteiger partial charge in [-0.3, -0.25) is 4.98 Å². The Kier molecular flexibility index (Phi) is 5.39. The van der Waals surface area contributed by atoms with Crippen molar-refractivity contribution in [2.45, 2.75) is 6.18 Å². The van der Waals surface area contributed by atoms with E-state index in [2.05, 4.69) is 20.5 Å². The molecule has 2 heterocycles. The van der Waals surface area contributed by atoms with Crippen molar-refractivity contribution in [2.24, 2.45) is 0 Å². The normalized spacial score (nSPS) is 11.5. The second kappa shape index (κ2) is 8.51. The molecule has 5 aromatic rings. The van der Waals surface area contributed by atoms with Crippen LogP contribution in [0.4, 0.5) is 24.0 Å². The van der Waals surface area contributed by atoms with Crippen molar-refractivity contribution in [1.82, 2.24) is 15.2 Å². The van der Waals surface area contributed by atoms with E-state index in [9.17, 15) is 13.2 Å². The third-order valence-electron chi connectivity index (χ3n) is 4.81. The van der Waals surface area contributed by atoms with Crippen LogP contribution in [0.1, 0.15) is 5.56 Å². The molecule has 1 N–H and O–H groups in total. The van der Waals surface area contributed by atoms with Crippen LogP contribution in [0.25, 0.3) is 21.3 Å². The molecule has 0 fully saturated rings. The number of ether oxygens (including phenoxy) is 1. The molecule has 33 heavy (non-hydrogen) atoms. The fourth-order valence-corrected chi connectivity index (χ4v) is 4.04. The molecule has 0 aliphatic carbocycles. The molecule has 2 aromatic heterocycles. The van der Waals surface area contributed by atoms with Crippen molar-refractivity contribution >= 4 is 32.9 Å². The van der Waals surface area contributed by atoms with E-state index in [4.69, 9.17) is 4.74 Å². The van der Waals surface area contributed by atoms with E-state index in [1.807, 2.05) is 48.5 Å². The maximum absolute atomic E-state index is 12.9. The highest BCUT2D eigenvalue weighted by atomic mass is 32.1. The summed E-state index contributed by atoms with van der Waals surface area (Å²) in [6.45, 7) is 0. The van der Waals surface area contributed by atoms with Gasteiger partial charge in [0.25, 0.3) is 0 Å². The van der Waals surface area contributed by atoms with E-state index in [-0.39, 0.29) is 5.69 Å². The first-order valence-corrected chi connectivity index (χ1v) is 10.7. The minimum absolute atomic E-state index is 0.285. The lowest BCUT2D eigenvalue weighted by Gasteiger charge is -2.09. The predicted octanol–water partition coefficient (Wildman–Crippen LogP) is 7.31. The maximum atomic E-state index is 12.9. The highest BCUT2D eigenvalue weighted by Crippen LogP contribution is 2.35. The van der Waals surface area contributed by atoms with Crippen molar-refractivity contribution < 1.29 is 17.9 Å². The minimum atomic E-state index is -4.41. The standard InChI is InChI=1S/C24H15F3N4OS/c25-24(26,27)17-7-4-8-18(12-17)29-23-31-30-22(33-23)15-6-3-9-19(11-15)32-21-14-28-13-16-5-1-2-10-20(16)21/h1-14H,(H,29,31). The molecule has 0 saturated heterocycles. The first-order valence-electron chi connectivity index (χ1n) is 9.84. The number of rotatable bonds is 5. The Morgan fingerprint density at radius 3 is 2.58 bits per heavy atom. The number of pyridine rings is 1. The van der Waals surface area contributed by atoms with Crippen LogP contribution in [-0.2, 0) is 6.18 Å². The lowest BCUT2D eigenvalue weighted by molar-refractivity contribution is -0.137. The number of nitrogens with one attached hydrogen (secondary N) is 1. The summed E-state index contributed by atoms with van der Waals surface area (Å²) in [6.07, 6.45) is -0.972. The van der Waals surface area contributed by atoms with Crippen LogP contribution in [0.5, 0.6) is 11.5 Å². The number of halogens is 3. The van der Waals surface area contributed by atoms with Crippen LogP contribution in [-0.4, -0.2) is 15.2 Å². The van der Waals surface area contributed by atoms with E-state index in [0.29, 0.717) is 21.6 Å². The van der Waals surface area contributed by atoms with Crippen LogP contribution in [0.15, 0.2) is 85.2 Å². The van der Waals surface area contributed by atoms with E-state index >= 15 is 0 Å². The van der Waals surface area contributed by atoms with Gasteiger partial charge in [-0.2, -0.15) is 13.2 Å². The predicted molar refractivity (Wildman–Crippen MR) is 122 cm³/mol. The number of hydrogen-bond acceptors (Lipinski definition) is 6. The van der Waals surface area contributed by atoms with Crippen LogP contribution < -0.4 is 10.1 Å². The van der Waals surface area contributed by atoms with Gasteiger partial charge >= 0.3 is 6.18 Å². The Bertz CT molecular complexity index is 1430. The molecule has 3 aromatic carbocycles. The molecule has 0 saturated carbocycles. The molecule has 164 valence electrons. The Morgan fingerprint density at radius 1 is 0.848 bits per heavy atom. The van der Waals surface area contributed by atoms with Crippen molar-refractivity contribution in [3.63, 3.8) is 0 Å². The van der Waals surface area contributed by atoms with E-state index in [0.717, 1.165) is 28.5 Å². The van der Waals surface area contributed by atoms with E-state index in [1.165, 1.54) is 17.4 Å². The van der Waals surface area contributed by atoms with Gasteiger partial charge in [-0.25, -0.2) is 0 Å². The lowest BCUT2D eigenvalue weighted by Crippen LogP contribution is -2.05. The van der Waals surface area contributed by atoms with Gasteiger partial charge in [-0.1, -0.05) is 53.8 Å². The SMILES string of the molecule is FC(F)(F)c1cccc(Nc2nnc(-c3cccc(Oc4cncc5ccccc45)c3)s2)c1. The molecule has 0 unspecified atom stereocenters. The Hall–Kier alpha value is -3.98. The second-order valence-corrected chi connectivity index (χ2v) is 8.08. The zero-order valence-corrected chi connectivity index (χ0v) is 17.7. The summed E-state index contributed by atoms with van der Waals surface area (Å²) in [5, 5.41) is 14.0. The molecule has 0 atom stereocenters. The molecule has 0 radical (unpaired) electrons. The average molecular weight is 464 g/mol.